The molecule has 2 aromatic carbocycles. The molecule has 0 aliphatic heterocycles. The SMILES string of the molecule is Cc1nn(-c2ccccc2)c(C)c1/C=C/C(=O)NCCSCc1ccccc1. The quantitative estimate of drug-likeness (QED) is 0.453. The van der Waals surface area contributed by atoms with Gasteiger partial charge in [-0.15, -0.1) is 0 Å². The lowest BCUT2D eigenvalue weighted by Crippen LogP contribution is -2.23. The summed E-state index contributed by atoms with van der Waals surface area (Å²) in [5.41, 5.74) is 5.23. The van der Waals surface area contributed by atoms with E-state index in [-0.39, 0.29) is 5.91 Å². The molecule has 0 fully saturated rings. The Morgan fingerprint density at radius 2 is 1.75 bits per heavy atom. The molecule has 0 aliphatic carbocycles. The van der Waals surface area contributed by atoms with E-state index >= 15 is 0 Å². The summed E-state index contributed by atoms with van der Waals surface area (Å²) in [4.78, 5) is 12.1. The van der Waals surface area contributed by atoms with Gasteiger partial charge in [-0.3, -0.25) is 4.79 Å². The van der Waals surface area contributed by atoms with Crippen LogP contribution in [0.5, 0.6) is 0 Å². The van der Waals surface area contributed by atoms with Crippen LogP contribution in [0.3, 0.4) is 0 Å². The van der Waals surface area contributed by atoms with E-state index in [1.54, 1.807) is 6.08 Å². The van der Waals surface area contributed by atoms with Gasteiger partial charge in [-0.1, -0.05) is 48.5 Å². The van der Waals surface area contributed by atoms with Gasteiger partial charge >= 0.3 is 0 Å². The van der Waals surface area contributed by atoms with Crippen LogP contribution in [-0.2, 0) is 10.5 Å². The van der Waals surface area contributed by atoms with Crippen molar-refractivity contribution in [2.75, 3.05) is 12.3 Å². The van der Waals surface area contributed by atoms with Crippen LogP contribution in [0.25, 0.3) is 11.8 Å². The predicted octanol–water partition coefficient (Wildman–Crippen LogP) is 4.55. The van der Waals surface area contributed by atoms with Crippen molar-refractivity contribution in [2.24, 2.45) is 0 Å². The van der Waals surface area contributed by atoms with E-state index < -0.39 is 0 Å². The number of hydrogen-bond donors (Lipinski definition) is 1. The summed E-state index contributed by atoms with van der Waals surface area (Å²) in [6.45, 7) is 4.64. The van der Waals surface area contributed by atoms with Crippen LogP contribution < -0.4 is 5.32 Å². The number of benzene rings is 2. The van der Waals surface area contributed by atoms with Crippen LogP contribution in [0.2, 0.25) is 0 Å². The van der Waals surface area contributed by atoms with Crippen LogP contribution in [0, 0.1) is 13.8 Å². The molecule has 5 heteroatoms. The minimum absolute atomic E-state index is 0.0772. The molecule has 4 nitrogen and oxygen atoms in total. The molecule has 0 atom stereocenters. The number of carbonyl (C=O) groups excluding carboxylic acids is 1. The van der Waals surface area contributed by atoms with Crippen molar-refractivity contribution >= 4 is 23.7 Å². The van der Waals surface area contributed by atoms with Crippen molar-refractivity contribution < 1.29 is 4.79 Å². The maximum absolute atomic E-state index is 12.1. The molecule has 0 saturated carbocycles. The van der Waals surface area contributed by atoms with Crippen LogP contribution >= 0.6 is 11.8 Å². The van der Waals surface area contributed by atoms with Gasteiger partial charge in [-0.25, -0.2) is 4.68 Å². The molecule has 0 radical (unpaired) electrons. The number of thioether (sulfide) groups is 1. The van der Waals surface area contributed by atoms with E-state index in [9.17, 15) is 4.79 Å². The highest BCUT2D eigenvalue weighted by molar-refractivity contribution is 7.98. The summed E-state index contributed by atoms with van der Waals surface area (Å²) < 4.78 is 1.91. The van der Waals surface area contributed by atoms with E-state index in [4.69, 9.17) is 0 Å². The number of amides is 1. The molecule has 0 aliphatic rings. The fourth-order valence-electron chi connectivity index (χ4n) is 2.95. The monoisotopic (exact) mass is 391 g/mol. The van der Waals surface area contributed by atoms with Crippen molar-refractivity contribution in [3.63, 3.8) is 0 Å². The zero-order chi connectivity index (χ0) is 19.8. The second kappa shape index (κ2) is 9.95. The molecule has 28 heavy (non-hydrogen) atoms. The third kappa shape index (κ3) is 5.36. The molecule has 1 amide bonds. The summed E-state index contributed by atoms with van der Waals surface area (Å²) in [7, 11) is 0. The highest BCUT2D eigenvalue weighted by Gasteiger charge is 2.10. The fourth-order valence-corrected chi connectivity index (χ4v) is 3.76. The first-order chi connectivity index (χ1) is 13.6. The molecule has 1 N–H and O–H groups in total. The lowest BCUT2D eigenvalue weighted by atomic mass is 10.2. The topological polar surface area (TPSA) is 46.9 Å². The second-order valence-corrected chi connectivity index (χ2v) is 7.60. The van der Waals surface area contributed by atoms with Crippen molar-refractivity contribution in [1.29, 1.82) is 0 Å². The van der Waals surface area contributed by atoms with Gasteiger partial charge in [0.2, 0.25) is 5.91 Å². The van der Waals surface area contributed by atoms with Crippen LogP contribution in [-0.4, -0.2) is 28.0 Å². The van der Waals surface area contributed by atoms with Crippen molar-refractivity contribution in [1.82, 2.24) is 15.1 Å². The number of rotatable bonds is 8. The standard InChI is InChI=1S/C23H25N3OS/c1-18-22(19(2)26(25-18)21-11-7-4-8-12-21)13-14-23(27)24-15-16-28-17-20-9-5-3-6-10-20/h3-14H,15-17H2,1-2H3,(H,24,27)/b14-13+. The number of nitrogens with one attached hydrogen (secondary N) is 1. The molecule has 0 saturated heterocycles. The van der Waals surface area contributed by atoms with Gasteiger partial charge < -0.3 is 5.32 Å². The highest BCUT2D eigenvalue weighted by Crippen LogP contribution is 2.19. The number of hydrogen-bond acceptors (Lipinski definition) is 3. The maximum atomic E-state index is 12.1. The Balaban J connectivity index is 1.50. The lowest BCUT2D eigenvalue weighted by molar-refractivity contribution is -0.116. The Hall–Kier alpha value is -2.79. The van der Waals surface area contributed by atoms with Gasteiger partial charge in [0.25, 0.3) is 0 Å². The van der Waals surface area contributed by atoms with Gasteiger partial charge in [0.1, 0.15) is 0 Å². The fraction of sp³-hybridized carbons (Fsp3) is 0.217. The Morgan fingerprint density at radius 3 is 2.46 bits per heavy atom. The van der Waals surface area contributed by atoms with Gasteiger partial charge in [0, 0.05) is 35.4 Å². The zero-order valence-electron chi connectivity index (χ0n) is 16.3. The summed E-state index contributed by atoms with van der Waals surface area (Å²) >= 11 is 1.82. The van der Waals surface area contributed by atoms with Gasteiger partial charge in [0.15, 0.2) is 0 Å². The summed E-state index contributed by atoms with van der Waals surface area (Å²) in [5, 5.41) is 7.55. The second-order valence-electron chi connectivity index (χ2n) is 6.49. The highest BCUT2D eigenvalue weighted by atomic mass is 32.2. The number of para-hydroxylation sites is 1. The number of nitrogens with zero attached hydrogens (tertiary/aromatic N) is 2. The van der Waals surface area contributed by atoms with E-state index in [0.29, 0.717) is 6.54 Å². The lowest BCUT2D eigenvalue weighted by Gasteiger charge is -2.04. The number of aromatic nitrogens is 2. The maximum Gasteiger partial charge on any atom is 0.244 e. The normalized spacial score (nSPS) is 11.1. The van der Waals surface area contributed by atoms with E-state index in [2.05, 4.69) is 22.5 Å². The molecule has 1 aromatic heterocycles. The van der Waals surface area contributed by atoms with Gasteiger partial charge in [0.05, 0.1) is 11.4 Å². The first-order valence-electron chi connectivity index (χ1n) is 9.34. The minimum atomic E-state index is -0.0772. The van der Waals surface area contributed by atoms with Crippen molar-refractivity contribution in [3.8, 4) is 5.69 Å². The molecular weight excluding hydrogens is 366 g/mol. The van der Waals surface area contributed by atoms with E-state index in [0.717, 1.165) is 34.1 Å². The first kappa shape index (κ1) is 20.0. The van der Waals surface area contributed by atoms with Crippen LogP contribution in [0.15, 0.2) is 66.7 Å². The Bertz CT molecular complexity index is 933. The third-order valence-corrected chi connectivity index (χ3v) is 5.44. The van der Waals surface area contributed by atoms with E-state index in [1.807, 2.05) is 84.9 Å². The van der Waals surface area contributed by atoms with Gasteiger partial charge in [-0.2, -0.15) is 16.9 Å². The number of carbonyl (C=O) groups is 1. The molecule has 1 heterocycles. The summed E-state index contributed by atoms with van der Waals surface area (Å²) in [6, 6.07) is 20.4. The smallest absolute Gasteiger partial charge is 0.244 e. The molecule has 3 aromatic rings. The molecule has 3 rings (SSSR count). The largest absolute Gasteiger partial charge is 0.352 e. The Labute approximate surface area is 170 Å². The molecule has 144 valence electrons. The molecule has 0 spiro atoms. The zero-order valence-corrected chi connectivity index (χ0v) is 17.1. The Kier molecular flexibility index (Phi) is 7.09. The van der Waals surface area contributed by atoms with Crippen LogP contribution in [0.4, 0.5) is 0 Å². The van der Waals surface area contributed by atoms with Gasteiger partial charge in [-0.05, 0) is 37.6 Å². The third-order valence-electron chi connectivity index (χ3n) is 4.41. The predicted molar refractivity (Wildman–Crippen MR) is 118 cm³/mol. The van der Waals surface area contributed by atoms with Crippen LogP contribution in [0.1, 0.15) is 22.5 Å². The average molecular weight is 392 g/mol. The first-order valence-corrected chi connectivity index (χ1v) is 10.5. The minimum Gasteiger partial charge on any atom is -0.352 e. The number of aryl methyl sites for hydroxylation is 1. The van der Waals surface area contributed by atoms with E-state index in [1.165, 1.54) is 5.56 Å². The molecule has 0 bridgehead atoms. The summed E-state index contributed by atoms with van der Waals surface area (Å²) in [5.74, 6) is 1.77. The average Bonchev–Trinajstić information content (AvgIpc) is 3.01. The Morgan fingerprint density at radius 1 is 1.07 bits per heavy atom. The summed E-state index contributed by atoms with van der Waals surface area (Å²) in [6.07, 6.45) is 3.44. The van der Waals surface area contributed by atoms with Crippen molar-refractivity contribution in [3.05, 3.63) is 89.3 Å². The molecular formula is C23H25N3OS. The molecule has 0 unspecified atom stereocenters. The van der Waals surface area contributed by atoms with Crippen molar-refractivity contribution in [2.45, 2.75) is 19.6 Å².